The van der Waals surface area contributed by atoms with Crippen molar-refractivity contribution in [3.8, 4) is 0 Å². The minimum Gasteiger partial charge on any atom is -0.448 e. The zero-order valence-corrected chi connectivity index (χ0v) is 10.5. The highest BCUT2D eigenvalue weighted by molar-refractivity contribution is 6.28. The van der Waals surface area contributed by atoms with Gasteiger partial charge in [0.2, 0.25) is 0 Å². The van der Waals surface area contributed by atoms with Gasteiger partial charge in [0.15, 0.2) is 16.9 Å². The van der Waals surface area contributed by atoms with E-state index >= 15 is 0 Å². The van der Waals surface area contributed by atoms with Crippen LogP contribution in [0.4, 0.5) is 8.78 Å². The van der Waals surface area contributed by atoms with E-state index in [1.54, 1.807) is 25.2 Å². The Bertz CT molecular complexity index is 542. The maximum Gasteiger partial charge on any atom is 0.193 e. The summed E-state index contributed by atoms with van der Waals surface area (Å²) in [6, 6.07) is 7.19. The lowest BCUT2D eigenvalue weighted by Crippen LogP contribution is -2.19. The topological polar surface area (TPSA) is 25.2 Å². The minimum atomic E-state index is -0.847. The summed E-state index contributed by atoms with van der Waals surface area (Å²) in [5.74, 6) is -1.08. The van der Waals surface area contributed by atoms with Crippen molar-refractivity contribution in [1.29, 1.82) is 0 Å². The molecule has 2 nitrogen and oxygen atoms in total. The molecule has 1 N–H and O–H groups in total. The van der Waals surface area contributed by atoms with Crippen LogP contribution in [0.2, 0.25) is 5.22 Å². The van der Waals surface area contributed by atoms with E-state index in [-0.39, 0.29) is 17.7 Å². The van der Waals surface area contributed by atoms with Crippen molar-refractivity contribution in [1.82, 2.24) is 5.32 Å². The van der Waals surface area contributed by atoms with Gasteiger partial charge in [-0.1, -0.05) is 12.1 Å². The van der Waals surface area contributed by atoms with Crippen molar-refractivity contribution in [2.75, 3.05) is 7.05 Å². The van der Waals surface area contributed by atoms with Crippen molar-refractivity contribution < 1.29 is 13.2 Å². The molecule has 1 aromatic heterocycles. The Morgan fingerprint density at radius 1 is 1.28 bits per heavy atom. The van der Waals surface area contributed by atoms with Crippen LogP contribution in [-0.4, -0.2) is 7.05 Å². The first-order chi connectivity index (χ1) is 8.61. The van der Waals surface area contributed by atoms with Crippen LogP contribution < -0.4 is 5.32 Å². The van der Waals surface area contributed by atoms with Crippen molar-refractivity contribution in [3.05, 3.63) is 58.5 Å². The standard InChI is InChI=1S/C13H12ClF2NO/c1-17-10(11-5-6-12(14)18-11)7-8-3-2-4-9(15)13(8)16/h2-6,10,17H,7H2,1H3. The van der Waals surface area contributed by atoms with E-state index in [1.165, 1.54) is 6.07 Å². The molecule has 0 aliphatic rings. The fraction of sp³-hybridized carbons (Fsp3) is 0.231. The monoisotopic (exact) mass is 271 g/mol. The third-order valence-corrected chi connectivity index (χ3v) is 2.94. The number of hydrogen-bond acceptors (Lipinski definition) is 2. The van der Waals surface area contributed by atoms with Crippen LogP contribution in [0.1, 0.15) is 17.4 Å². The van der Waals surface area contributed by atoms with Gasteiger partial charge in [-0.05, 0) is 48.8 Å². The van der Waals surface area contributed by atoms with E-state index in [0.717, 1.165) is 6.07 Å². The summed E-state index contributed by atoms with van der Waals surface area (Å²) < 4.78 is 31.9. The van der Waals surface area contributed by atoms with Gasteiger partial charge in [0.25, 0.3) is 0 Å². The lowest BCUT2D eigenvalue weighted by atomic mass is 10.0. The number of nitrogens with one attached hydrogen (secondary N) is 1. The molecule has 1 heterocycles. The molecule has 0 amide bonds. The number of rotatable bonds is 4. The van der Waals surface area contributed by atoms with Crippen LogP contribution >= 0.6 is 11.6 Å². The maximum absolute atomic E-state index is 13.6. The van der Waals surface area contributed by atoms with Gasteiger partial charge in [0, 0.05) is 0 Å². The Balaban J connectivity index is 2.23. The summed E-state index contributed by atoms with van der Waals surface area (Å²) in [7, 11) is 1.72. The Morgan fingerprint density at radius 2 is 2.06 bits per heavy atom. The Labute approximate surface area is 109 Å². The second-order valence-electron chi connectivity index (χ2n) is 3.90. The lowest BCUT2D eigenvalue weighted by Gasteiger charge is -2.14. The molecule has 0 bridgehead atoms. The summed E-state index contributed by atoms with van der Waals surface area (Å²) in [5.41, 5.74) is 0.293. The molecule has 0 spiro atoms. The summed E-state index contributed by atoms with van der Waals surface area (Å²) in [6.07, 6.45) is 0.282. The maximum atomic E-state index is 13.6. The molecule has 5 heteroatoms. The molecular weight excluding hydrogens is 260 g/mol. The van der Waals surface area contributed by atoms with Gasteiger partial charge in [0.05, 0.1) is 6.04 Å². The van der Waals surface area contributed by atoms with Gasteiger partial charge >= 0.3 is 0 Å². The van der Waals surface area contributed by atoms with Gasteiger partial charge in [-0.2, -0.15) is 0 Å². The highest BCUT2D eigenvalue weighted by atomic mass is 35.5. The minimum absolute atomic E-state index is 0.256. The van der Waals surface area contributed by atoms with Crippen LogP contribution in [0.5, 0.6) is 0 Å². The van der Waals surface area contributed by atoms with Crippen LogP contribution in [-0.2, 0) is 6.42 Å². The summed E-state index contributed by atoms with van der Waals surface area (Å²) in [6.45, 7) is 0. The molecule has 1 unspecified atom stereocenters. The van der Waals surface area contributed by atoms with E-state index in [2.05, 4.69) is 5.32 Å². The van der Waals surface area contributed by atoms with Gasteiger partial charge in [-0.15, -0.1) is 0 Å². The van der Waals surface area contributed by atoms with Crippen molar-refractivity contribution >= 4 is 11.6 Å². The van der Waals surface area contributed by atoms with Gasteiger partial charge < -0.3 is 9.73 Å². The molecule has 1 aromatic carbocycles. The molecular formula is C13H12ClF2NO. The Hall–Kier alpha value is -1.39. The van der Waals surface area contributed by atoms with E-state index < -0.39 is 11.6 Å². The third-order valence-electron chi connectivity index (χ3n) is 2.74. The molecule has 2 aromatic rings. The average molecular weight is 272 g/mol. The van der Waals surface area contributed by atoms with Crippen LogP contribution in [0, 0.1) is 11.6 Å². The van der Waals surface area contributed by atoms with E-state index in [0.29, 0.717) is 11.3 Å². The molecule has 0 aliphatic carbocycles. The first kappa shape index (κ1) is 13.1. The third kappa shape index (κ3) is 2.71. The number of halogens is 3. The van der Waals surface area contributed by atoms with Gasteiger partial charge in [0.1, 0.15) is 5.76 Å². The van der Waals surface area contributed by atoms with E-state index in [9.17, 15) is 8.78 Å². The van der Waals surface area contributed by atoms with Crippen LogP contribution in [0.25, 0.3) is 0 Å². The van der Waals surface area contributed by atoms with Crippen molar-refractivity contribution in [2.45, 2.75) is 12.5 Å². The van der Waals surface area contributed by atoms with E-state index in [1.807, 2.05) is 0 Å². The number of furan rings is 1. The molecule has 1 atom stereocenters. The van der Waals surface area contributed by atoms with Crippen molar-refractivity contribution in [3.63, 3.8) is 0 Å². The van der Waals surface area contributed by atoms with E-state index in [4.69, 9.17) is 16.0 Å². The molecule has 18 heavy (non-hydrogen) atoms. The molecule has 0 radical (unpaired) electrons. The largest absolute Gasteiger partial charge is 0.448 e. The smallest absolute Gasteiger partial charge is 0.193 e. The average Bonchev–Trinajstić information content (AvgIpc) is 2.78. The highest BCUT2D eigenvalue weighted by Crippen LogP contribution is 2.24. The van der Waals surface area contributed by atoms with Crippen LogP contribution in [0.3, 0.4) is 0 Å². The molecule has 2 rings (SSSR count). The van der Waals surface area contributed by atoms with Crippen molar-refractivity contribution in [2.24, 2.45) is 0 Å². The highest BCUT2D eigenvalue weighted by Gasteiger charge is 2.17. The first-order valence-electron chi connectivity index (χ1n) is 5.47. The molecule has 0 aliphatic heterocycles. The SMILES string of the molecule is CNC(Cc1cccc(F)c1F)c1ccc(Cl)o1. The fourth-order valence-electron chi connectivity index (χ4n) is 1.79. The Kier molecular flexibility index (Phi) is 3.99. The second-order valence-corrected chi connectivity index (χ2v) is 4.27. The Morgan fingerprint density at radius 3 is 2.67 bits per heavy atom. The first-order valence-corrected chi connectivity index (χ1v) is 5.85. The zero-order valence-electron chi connectivity index (χ0n) is 9.71. The predicted molar refractivity (Wildman–Crippen MR) is 65.6 cm³/mol. The van der Waals surface area contributed by atoms with Crippen LogP contribution in [0.15, 0.2) is 34.7 Å². The zero-order chi connectivity index (χ0) is 13.1. The van der Waals surface area contributed by atoms with Gasteiger partial charge in [-0.25, -0.2) is 8.78 Å². The fourth-order valence-corrected chi connectivity index (χ4v) is 1.94. The summed E-state index contributed by atoms with van der Waals surface area (Å²) >= 11 is 5.69. The summed E-state index contributed by atoms with van der Waals surface area (Å²) in [5, 5.41) is 3.25. The molecule has 96 valence electrons. The number of hydrogen-bond donors (Lipinski definition) is 1. The number of likely N-dealkylation sites (N-methyl/N-ethyl adjacent to an activating group) is 1. The summed E-state index contributed by atoms with van der Waals surface area (Å²) in [4.78, 5) is 0. The molecule has 0 fully saturated rings. The second kappa shape index (κ2) is 5.50. The predicted octanol–water partition coefficient (Wildman–Crippen LogP) is 3.71. The molecule has 0 saturated heterocycles. The molecule has 0 saturated carbocycles. The lowest BCUT2D eigenvalue weighted by molar-refractivity contribution is 0.422. The number of benzene rings is 1. The van der Waals surface area contributed by atoms with Gasteiger partial charge in [-0.3, -0.25) is 0 Å². The normalized spacial score (nSPS) is 12.7. The quantitative estimate of drug-likeness (QED) is 0.917.